The van der Waals surface area contributed by atoms with Crippen LogP contribution in [0.15, 0.2) is 101 Å². The van der Waals surface area contributed by atoms with E-state index in [1.165, 1.54) is 4.31 Å². The summed E-state index contributed by atoms with van der Waals surface area (Å²) in [5.41, 5.74) is 0.924. The number of hydrogen-bond acceptors (Lipinski definition) is 3. The first-order valence-electron chi connectivity index (χ1n) is 8.68. The molecular weight excluding hydrogens is 358 g/mol. The van der Waals surface area contributed by atoms with Gasteiger partial charge < -0.3 is 4.42 Å². The van der Waals surface area contributed by atoms with Crippen LogP contribution in [0, 0.1) is 0 Å². The minimum absolute atomic E-state index is 0.178. The molecule has 0 atom stereocenters. The molecule has 0 aliphatic rings. The Hall–Kier alpha value is -2.89. The van der Waals surface area contributed by atoms with Crippen molar-refractivity contribution in [3.63, 3.8) is 0 Å². The first-order chi connectivity index (χ1) is 13.1. The molecular formula is C22H19NO3S. The van der Waals surface area contributed by atoms with E-state index in [1.54, 1.807) is 30.5 Å². The molecule has 0 fully saturated rings. The van der Waals surface area contributed by atoms with Gasteiger partial charge in [-0.05, 0) is 40.6 Å². The van der Waals surface area contributed by atoms with Gasteiger partial charge in [0.25, 0.3) is 0 Å². The van der Waals surface area contributed by atoms with Gasteiger partial charge in [-0.1, -0.05) is 60.7 Å². The van der Waals surface area contributed by atoms with Crippen LogP contribution in [-0.4, -0.2) is 12.7 Å². The summed E-state index contributed by atoms with van der Waals surface area (Å²) < 4.78 is 33.6. The van der Waals surface area contributed by atoms with Gasteiger partial charge in [-0.25, -0.2) is 8.42 Å². The molecule has 0 saturated carbocycles. The Balaban J connectivity index is 1.73. The lowest BCUT2D eigenvalue weighted by atomic mass is 10.1. The Morgan fingerprint density at radius 2 is 1.48 bits per heavy atom. The van der Waals surface area contributed by atoms with Crippen molar-refractivity contribution in [2.75, 3.05) is 0 Å². The van der Waals surface area contributed by atoms with Crippen LogP contribution in [0.2, 0.25) is 0 Å². The van der Waals surface area contributed by atoms with E-state index in [0.29, 0.717) is 5.76 Å². The first kappa shape index (κ1) is 17.5. The fourth-order valence-electron chi connectivity index (χ4n) is 3.07. The van der Waals surface area contributed by atoms with E-state index in [2.05, 4.69) is 0 Å². The van der Waals surface area contributed by atoms with Crippen LogP contribution < -0.4 is 0 Å². The topological polar surface area (TPSA) is 50.5 Å². The fraction of sp³-hybridized carbons (Fsp3) is 0.0909. The van der Waals surface area contributed by atoms with Gasteiger partial charge in [0, 0.05) is 6.54 Å². The molecule has 136 valence electrons. The van der Waals surface area contributed by atoms with Crippen LogP contribution in [0.3, 0.4) is 0 Å². The van der Waals surface area contributed by atoms with Crippen molar-refractivity contribution in [3.05, 3.63) is 103 Å². The largest absolute Gasteiger partial charge is 0.468 e. The van der Waals surface area contributed by atoms with Crippen molar-refractivity contribution >= 4 is 20.8 Å². The second-order valence-electron chi connectivity index (χ2n) is 6.35. The van der Waals surface area contributed by atoms with Crippen LogP contribution in [0.5, 0.6) is 0 Å². The summed E-state index contributed by atoms with van der Waals surface area (Å²) in [6.07, 6.45) is 1.55. The summed E-state index contributed by atoms with van der Waals surface area (Å²) in [5, 5.41) is 1.91. The lowest BCUT2D eigenvalue weighted by Gasteiger charge is -2.21. The highest BCUT2D eigenvalue weighted by Crippen LogP contribution is 2.25. The van der Waals surface area contributed by atoms with Crippen LogP contribution in [-0.2, 0) is 23.1 Å². The van der Waals surface area contributed by atoms with Gasteiger partial charge in [-0.15, -0.1) is 0 Å². The summed E-state index contributed by atoms with van der Waals surface area (Å²) in [6, 6.07) is 26.1. The van der Waals surface area contributed by atoms with Gasteiger partial charge in [-0.3, -0.25) is 0 Å². The summed E-state index contributed by atoms with van der Waals surface area (Å²) in [5.74, 6) is 0.607. The third-order valence-electron chi connectivity index (χ3n) is 4.47. The fourth-order valence-corrected chi connectivity index (χ4v) is 4.50. The average Bonchev–Trinajstić information content (AvgIpc) is 3.21. The third kappa shape index (κ3) is 3.79. The number of nitrogens with zero attached hydrogens (tertiary/aromatic N) is 1. The van der Waals surface area contributed by atoms with Crippen molar-refractivity contribution in [1.82, 2.24) is 4.31 Å². The standard InChI is InChI=1S/C22H19NO3S/c24-27(25,22-13-12-19-9-4-5-10-20(19)15-22)23(17-21-11-6-14-26-21)16-18-7-2-1-3-8-18/h1-15H,16-17H2. The number of sulfonamides is 1. The zero-order valence-corrected chi connectivity index (χ0v) is 15.5. The highest BCUT2D eigenvalue weighted by molar-refractivity contribution is 7.89. The maximum Gasteiger partial charge on any atom is 0.243 e. The van der Waals surface area contributed by atoms with Gasteiger partial charge in [-0.2, -0.15) is 4.31 Å². The number of hydrogen-bond donors (Lipinski definition) is 0. The Kier molecular flexibility index (Phi) is 4.79. The van der Waals surface area contributed by atoms with Crippen LogP contribution in [0.4, 0.5) is 0 Å². The highest BCUT2D eigenvalue weighted by atomic mass is 32.2. The van der Waals surface area contributed by atoms with E-state index in [0.717, 1.165) is 16.3 Å². The van der Waals surface area contributed by atoms with Crippen molar-refractivity contribution < 1.29 is 12.8 Å². The van der Waals surface area contributed by atoms with Gasteiger partial charge in [0.2, 0.25) is 10.0 Å². The second kappa shape index (κ2) is 7.39. The molecule has 0 saturated heterocycles. The quantitative estimate of drug-likeness (QED) is 0.484. The lowest BCUT2D eigenvalue weighted by molar-refractivity contribution is 0.358. The Morgan fingerprint density at radius 3 is 2.22 bits per heavy atom. The molecule has 1 aromatic heterocycles. The number of fused-ring (bicyclic) bond motifs is 1. The van der Waals surface area contributed by atoms with Gasteiger partial charge in [0.05, 0.1) is 17.7 Å². The third-order valence-corrected chi connectivity index (χ3v) is 6.26. The minimum atomic E-state index is -3.69. The van der Waals surface area contributed by atoms with E-state index >= 15 is 0 Å². The predicted molar refractivity (Wildman–Crippen MR) is 106 cm³/mol. The molecule has 4 rings (SSSR count). The monoisotopic (exact) mass is 377 g/mol. The molecule has 1 heterocycles. The van der Waals surface area contributed by atoms with Crippen molar-refractivity contribution in [2.45, 2.75) is 18.0 Å². The number of furan rings is 1. The Labute approximate surface area is 158 Å². The van der Waals surface area contributed by atoms with E-state index < -0.39 is 10.0 Å². The summed E-state index contributed by atoms with van der Waals surface area (Å²) >= 11 is 0. The van der Waals surface area contributed by atoms with Crippen molar-refractivity contribution in [1.29, 1.82) is 0 Å². The molecule has 0 N–H and O–H groups in total. The van der Waals surface area contributed by atoms with Crippen LogP contribution in [0.25, 0.3) is 10.8 Å². The predicted octanol–water partition coefficient (Wildman–Crippen LogP) is 4.82. The number of benzene rings is 3. The van der Waals surface area contributed by atoms with Crippen LogP contribution in [0.1, 0.15) is 11.3 Å². The minimum Gasteiger partial charge on any atom is -0.468 e. The van der Waals surface area contributed by atoms with E-state index in [9.17, 15) is 8.42 Å². The lowest BCUT2D eigenvalue weighted by Crippen LogP contribution is -2.30. The molecule has 0 amide bonds. The first-order valence-corrected chi connectivity index (χ1v) is 10.1. The second-order valence-corrected chi connectivity index (χ2v) is 8.28. The van der Waals surface area contributed by atoms with Crippen molar-refractivity contribution in [3.8, 4) is 0 Å². The van der Waals surface area contributed by atoms with Crippen LogP contribution >= 0.6 is 0 Å². The maximum absolute atomic E-state index is 13.4. The Bertz CT molecular complexity index is 1140. The molecule has 27 heavy (non-hydrogen) atoms. The van der Waals surface area contributed by atoms with Gasteiger partial charge in [0.1, 0.15) is 5.76 Å². The summed E-state index contributed by atoms with van der Waals surface area (Å²) in [4.78, 5) is 0.281. The summed E-state index contributed by atoms with van der Waals surface area (Å²) in [7, 11) is -3.69. The molecule has 0 radical (unpaired) electrons. The van der Waals surface area contributed by atoms with E-state index in [1.807, 2.05) is 60.7 Å². The zero-order valence-electron chi connectivity index (χ0n) is 14.7. The SMILES string of the molecule is O=S(=O)(c1ccc2ccccc2c1)N(Cc1ccccc1)Cc1ccco1. The molecule has 0 unspecified atom stereocenters. The molecule has 0 bridgehead atoms. The molecule has 0 spiro atoms. The zero-order chi connectivity index (χ0) is 18.7. The average molecular weight is 377 g/mol. The normalized spacial score (nSPS) is 11.9. The number of rotatable bonds is 6. The highest BCUT2D eigenvalue weighted by Gasteiger charge is 2.26. The molecule has 5 heteroatoms. The summed E-state index contributed by atoms with van der Waals surface area (Å²) in [6.45, 7) is 0.452. The van der Waals surface area contributed by atoms with Gasteiger partial charge >= 0.3 is 0 Å². The smallest absolute Gasteiger partial charge is 0.243 e. The van der Waals surface area contributed by atoms with E-state index in [-0.39, 0.29) is 18.0 Å². The molecule has 4 aromatic rings. The molecule has 0 aliphatic heterocycles. The molecule has 3 aromatic carbocycles. The molecule has 0 aliphatic carbocycles. The Morgan fingerprint density at radius 1 is 0.741 bits per heavy atom. The van der Waals surface area contributed by atoms with E-state index in [4.69, 9.17) is 4.42 Å². The maximum atomic E-state index is 13.4. The van der Waals surface area contributed by atoms with Crippen molar-refractivity contribution in [2.24, 2.45) is 0 Å². The van der Waals surface area contributed by atoms with Gasteiger partial charge in [0.15, 0.2) is 0 Å². The molecule has 4 nitrogen and oxygen atoms in total.